The number of benzene rings is 2. The summed E-state index contributed by atoms with van der Waals surface area (Å²) >= 11 is 3.54. The molecule has 2 aromatic carbocycles. The molecule has 0 aliphatic heterocycles. The first-order chi connectivity index (χ1) is 9.66. The first-order valence-electron chi connectivity index (χ1n) is 6.24. The fourth-order valence-electron chi connectivity index (χ4n) is 2.14. The van der Waals surface area contributed by atoms with Gasteiger partial charge in [0.15, 0.2) is 0 Å². The van der Waals surface area contributed by atoms with Crippen LogP contribution in [-0.2, 0) is 0 Å². The van der Waals surface area contributed by atoms with Crippen LogP contribution in [0.15, 0.2) is 57.5 Å². The molecule has 0 saturated carbocycles. The summed E-state index contributed by atoms with van der Waals surface area (Å²) in [7, 11) is 0. The number of nitrogens with two attached hydrogens (primary N) is 1. The van der Waals surface area contributed by atoms with Gasteiger partial charge in [0.05, 0.1) is 5.56 Å². The average Bonchev–Trinajstić information content (AvgIpc) is 2.82. The second-order valence-corrected chi connectivity index (χ2v) is 5.47. The van der Waals surface area contributed by atoms with Crippen molar-refractivity contribution in [3.05, 3.63) is 58.6 Å². The minimum Gasteiger partial charge on any atom is -0.367 e. The third-order valence-corrected chi connectivity index (χ3v) is 3.88. The maximum Gasteiger partial charge on any atom is 0.230 e. The van der Waals surface area contributed by atoms with Crippen LogP contribution in [0.25, 0.3) is 22.4 Å². The molecule has 1 heterocycles. The van der Waals surface area contributed by atoms with Gasteiger partial charge in [0.1, 0.15) is 5.69 Å². The zero-order valence-electron chi connectivity index (χ0n) is 10.9. The van der Waals surface area contributed by atoms with Crippen molar-refractivity contribution in [1.82, 2.24) is 5.16 Å². The van der Waals surface area contributed by atoms with E-state index in [9.17, 15) is 0 Å². The number of nitrogen functional groups attached to an aromatic ring is 1. The Kier molecular flexibility index (Phi) is 3.32. The lowest BCUT2D eigenvalue weighted by molar-refractivity contribution is 0.439. The molecule has 0 aliphatic carbocycles. The Morgan fingerprint density at radius 3 is 2.45 bits per heavy atom. The Morgan fingerprint density at radius 2 is 1.75 bits per heavy atom. The van der Waals surface area contributed by atoms with Crippen LogP contribution in [0.5, 0.6) is 0 Å². The van der Waals surface area contributed by atoms with Gasteiger partial charge in [0.25, 0.3) is 0 Å². The van der Waals surface area contributed by atoms with Crippen LogP contribution in [0.2, 0.25) is 0 Å². The number of aromatic nitrogens is 1. The average molecular weight is 329 g/mol. The van der Waals surface area contributed by atoms with Gasteiger partial charge in [-0.15, -0.1) is 0 Å². The van der Waals surface area contributed by atoms with E-state index in [4.69, 9.17) is 10.3 Å². The molecule has 0 fully saturated rings. The van der Waals surface area contributed by atoms with Crippen molar-refractivity contribution in [3.63, 3.8) is 0 Å². The van der Waals surface area contributed by atoms with Gasteiger partial charge in [-0.25, -0.2) is 0 Å². The third kappa shape index (κ3) is 2.23. The SMILES string of the molecule is Cc1ccc(-c2c(-c3ccccc3Br)noc2N)cc1. The molecule has 2 N–H and O–H groups in total. The largest absolute Gasteiger partial charge is 0.367 e. The molecule has 4 heteroatoms. The highest BCUT2D eigenvalue weighted by Crippen LogP contribution is 2.38. The van der Waals surface area contributed by atoms with Crippen LogP contribution in [0.4, 0.5) is 5.88 Å². The van der Waals surface area contributed by atoms with E-state index < -0.39 is 0 Å². The van der Waals surface area contributed by atoms with Crippen molar-refractivity contribution in [3.8, 4) is 22.4 Å². The molecule has 0 radical (unpaired) electrons. The van der Waals surface area contributed by atoms with Crippen LogP contribution in [0.3, 0.4) is 0 Å². The van der Waals surface area contributed by atoms with Crippen molar-refractivity contribution >= 4 is 21.8 Å². The summed E-state index contributed by atoms with van der Waals surface area (Å²) in [6, 6.07) is 16.0. The fourth-order valence-corrected chi connectivity index (χ4v) is 2.61. The second kappa shape index (κ2) is 5.13. The Labute approximate surface area is 125 Å². The number of rotatable bonds is 2. The molecular weight excluding hydrogens is 316 g/mol. The van der Waals surface area contributed by atoms with Crippen LogP contribution in [0.1, 0.15) is 5.56 Å². The number of anilines is 1. The maximum absolute atomic E-state index is 5.95. The normalized spacial score (nSPS) is 10.7. The summed E-state index contributed by atoms with van der Waals surface area (Å²) < 4.78 is 6.16. The Balaban J connectivity index is 2.20. The van der Waals surface area contributed by atoms with E-state index in [1.807, 2.05) is 48.5 Å². The zero-order chi connectivity index (χ0) is 14.1. The molecule has 3 nitrogen and oxygen atoms in total. The molecule has 3 rings (SSSR count). The summed E-state index contributed by atoms with van der Waals surface area (Å²) in [5.74, 6) is 0.333. The molecule has 0 amide bonds. The fraction of sp³-hybridized carbons (Fsp3) is 0.0625. The lowest BCUT2D eigenvalue weighted by Crippen LogP contribution is -1.88. The van der Waals surface area contributed by atoms with Crippen molar-refractivity contribution in [2.45, 2.75) is 6.92 Å². The predicted octanol–water partition coefficient (Wildman–Crippen LogP) is 4.66. The van der Waals surface area contributed by atoms with E-state index in [-0.39, 0.29) is 0 Å². The van der Waals surface area contributed by atoms with Crippen molar-refractivity contribution < 1.29 is 4.52 Å². The smallest absolute Gasteiger partial charge is 0.230 e. The molecule has 20 heavy (non-hydrogen) atoms. The number of hydrogen-bond acceptors (Lipinski definition) is 3. The molecule has 3 aromatic rings. The number of halogens is 1. The van der Waals surface area contributed by atoms with E-state index >= 15 is 0 Å². The highest BCUT2D eigenvalue weighted by molar-refractivity contribution is 9.10. The van der Waals surface area contributed by atoms with Gasteiger partial charge in [-0.05, 0) is 18.6 Å². The van der Waals surface area contributed by atoms with Crippen molar-refractivity contribution in [1.29, 1.82) is 0 Å². The topological polar surface area (TPSA) is 52.0 Å². The summed E-state index contributed by atoms with van der Waals surface area (Å²) in [6.45, 7) is 2.05. The summed E-state index contributed by atoms with van der Waals surface area (Å²) in [6.07, 6.45) is 0. The second-order valence-electron chi connectivity index (χ2n) is 4.62. The van der Waals surface area contributed by atoms with E-state index in [0.29, 0.717) is 5.88 Å². The Morgan fingerprint density at radius 1 is 1.05 bits per heavy atom. The molecule has 1 aromatic heterocycles. The van der Waals surface area contributed by atoms with Gasteiger partial charge in [-0.1, -0.05) is 69.1 Å². The predicted molar refractivity (Wildman–Crippen MR) is 84.2 cm³/mol. The molecular formula is C16H13BrN2O. The molecule has 0 saturated heterocycles. The molecule has 0 unspecified atom stereocenters. The van der Waals surface area contributed by atoms with Gasteiger partial charge in [-0.3, -0.25) is 0 Å². The highest BCUT2D eigenvalue weighted by Gasteiger charge is 2.18. The van der Waals surface area contributed by atoms with Gasteiger partial charge in [-0.2, -0.15) is 0 Å². The minimum atomic E-state index is 0.333. The molecule has 0 atom stereocenters. The summed E-state index contributed by atoms with van der Waals surface area (Å²) in [5, 5.41) is 4.12. The lowest BCUT2D eigenvalue weighted by atomic mass is 10.0. The summed E-state index contributed by atoms with van der Waals surface area (Å²) in [4.78, 5) is 0. The molecule has 0 bridgehead atoms. The first kappa shape index (κ1) is 12.9. The number of nitrogens with zero attached hydrogens (tertiary/aromatic N) is 1. The standard InChI is InChI=1S/C16H13BrN2O/c1-10-6-8-11(9-7-10)14-15(19-20-16(14)18)12-4-2-3-5-13(12)17/h2-9H,18H2,1H3. The van der Waals surface area contributed by atoms with Crippen LogP contribution in [0, 0.1) is 6.92 Å². The summed E-state index contributed by atoms with van der Waals surface area (Å²) in [5.41, 5.74) is 10.7. The van der Waals surface area contributed by atoms with Crippen LogP contribution in [-0.4, -0.2) is 5.16 Å². The minimum absolute atomic E-state index is 0.333. The monoisotopic (exact) mass is 328 g/mol. The van der Waals surface area contributed by atoms with Crippen molar-refractivity contribution in [2.24, 2.45) is 0 Å². The van der Waals surface area contributed by atoms with E-state index in [1.54, 1.807) is 0 Å². The third-order valence-electron chi connectivity index (χ3n) is 3.19. The number of aryl methyl sites for hydroxylation is 1. The van der Waals surface area contributed by atoms with Crippen molar-refractivity contribution in [2.75, 3.05) is 5.73 Å². The van der Waals surface area contributed by atoms with Gasteiger partial charge < -0.3 is 10.3 Å². The number of hydrogen-bond donors (Lipinski definition) is 1. The highest BCUT2D eigenvalue weighted by atomic mass is 79.9. The van der Waals surface area contributed by atoms with E-state index in [2.05, 4.69) is 28.0 Å². The Bertz CT molecular complexity index is 747. The quantitative estimate of drug-likeness (QED) is 0.744. The van der Waals surface area contributed by atoms with Crippen LogP contribution < -0.4 is 5.73 Å². The zero-order valence-corrected chi connectivity index (χ0v) is 12.5. The lowest BCUT2D eigenvalue weighted by Gasteiger charge is -2.05. The maximum atomic E-state index is 5.95. The molecule has 100 valence electrons. The Hall–Kier alpha value is -2.07. The van der Waals surface area contributed by atoms with E-state index in [1.165, 1.54) is 5.56 Å². The van der Waals surface area contributed by atoms with Gasteiger partial charge in [0, 0.05) is 10.0 Å². The first-order valence-corrected chi connectivity index (χ1v) is 7.03. The molecule has 0 spiro atoms. The molecule has 0 aliphatic rings. The van der Waals surface area contributed by atoms with Gasteiger partial charge in [0.2, 0.25) is 5.88 Å². The van der Waals surface area contributed by atoms with E-state index in [0.717, 1.165) is 26.9 Å². The van der Waals surface area contributed by atoms with Gasteiger partial charge >= 0.3 is 0 Å². The van der Waals surface area contributed by atoms with Crippen LogP contribution >= 0.6 is 15.9 Å².